The molecule has 28 heavy (non-hydrogen) atoms. The molecule has 3 rings (SSSR count). The van der Waals surface area contributed by atoms with Crippen molar-refractivity contribution < 1.29 is 30.4 Å². The molecule has 1 aliphatic heterocycles. The molecule has 2 atom stereocenters. The predicted octanol–water partition coefficient (Wildman–Crippen LogP) is 3.89. The molecule has 0 spiro atoms. The molecule has 1 aliphatic rings. The minimum Gasteiger partial charge on any atom is -0.386 e. The van der Waals surface area contributed by atoms with Crippen LogP contribution < -0.4 is 5.73 Å². The van der Waals surface area contributed by atoms with Gasteiger partial charge in [0.2, 0.25) is 0 Å². The molecule has 152 valence electrons. The predicted molar refractivity (Wildman–Crippen MR) is 95.4 cm³/mol. The Labute approximate surface area is 158 Å². The van der Waals surface area contributed by atoms with Gasteiger partial charge in [-0.1, -0.05) is 36.4 Å². The Hall–Kier alpha value is -2.49. The maximum Gasteiger partial charge on any atom is 0.416 e. The van der Waals surface area contributed by atoms with Gasteiger partial charge in [0.1, 0.15) is 22.7 Å². The SMILES string of the molecule is CC1C(N)=NC(c2ccc(F)cc2F)CS1(=O)=O.FC(F)(F)c1ccccc1. The first-order valence-corrected chi connectivity index (χ1v) is 9.75. The van der Waals surface area contributed by atoms with Crippen molar-refractivity contribution in [2.24, 2.45) is 10.7 Å². The Morgan fingerprint density at radius 2 is 1.68 bits per heavy atom. The van der Waals surface area contributed by atoms with Crippen molar-refractivity contribution >= 4 is 15.7 Å². The molecule has 0 aromatic heterocycles. The van der Waals surface area contributed by atoms with Gasteiger partial charge in [0.25, 0.3) is 0 Å². The monoisotopic (exact) mass is 420 g/mol. The zero-order valence-electron chi connectivity index (χ0n) is 14.6. The third-order valence-electron chi connectivity index (χ3n) is 4.07. The summed E-state index contributed by atoms with van der Waals surface area (Å²) in [4.78, 5) is 3.97. The fourth-order valence-corrected chi connectivity index (χ4v) is 3.84. The van der Waals surface area contributed by atoms with Crippen LogP contribution in [0.25, 0.3) is 0 Å². The summed E-state index contributed by atoms with van der Waals surface area (Å²) in [6.07, 6.45) is -4.21. The minimum atomic E-state index is -4.21. The van der Waals surface area contributed by atoms with Crippen LogP contribution in [0.15, 0.2) is 53.5 Å². The van der Waals surface area contributed by atoms with E-state index in [2.05, 4.69) is 4.99 Å². The van der Waals surface area contributed by atoms with Crippen molar-refractivity contribution in [1.82, 2.24) is 0 Å². The maximum absolute atomic E-state index is 13.6. The van der Waals surface area contributed by atoms with E-state index in [1.54, 1.807) is 6.07 Å². The lowest BCUT2D eigenvalue weighted by atomic mass is 10.1. The van der Waals surface area contributed by atoms with Gasteiger partial charge in [-0.05, 0) is 13.0 Å². The van der Waals surface area contributed by atoms with Crippen LogP contribution in [-0.4, -0.2) is 25.3 Å². The third-order valence-corrected chi connectivity index (χ3v) is 6.17. The van der Waals surface area contributed by atoms with Crippen LogP contribution in [0, 0.1) is 11.6 Å². The Bertz CT molecular complexity index is 960. The summed E-state index contributed by atoms with van der Waals surface area (Å²) in [7, 11) is -3.45. The molecule has 0 bridgehead atoms. The van der Waals surface area contributed by atoms with Crippen LogP contribution in [0.2, 0.25) is 0 Å². The molecule has 2 unspecified atom stereocenters. The van der Waals surface area contributed by atoms with E-state index in [1.165, 1.54) is 25.1 Å². The fraction of sp³-hybridized carbons (Fsp3) is 0.278. The molecular formula is C18H17F5N2O2S. The van der Waals surface area contributed by atoms with Crippen LogP contribution in [-0.2, 0) is 16.0 Å². The molecule has 0 saturated carbocycles. The number of rotatable bonds is 1. The number of nitrogens with zero attached hydrogens (tertiary/aromatic N) is 1. The van der Waals surface area contributed by atoms with E-state index in [4.69, 9.17) is 5.73 Å². The molecule has 0 radical (unpaired) electrons. The average Bonchev–Trinajstić information content (AvgIpc) is 2.60. The molecule has 0 saturated heterocycles. The van der Waals surface area contributed by atoms with E-state index in [-0.39, 0.29) is 17.2 Å². The second-order valence-electron chi connectivity index (χ2n) is 6.07. The van der Waals surface area contributed by atoms with Gasteiger partial charge in [0, 0.05) is 11.6 Å². The van der Waals surface area contributed by atoms with Crippen molar-refractivity contribution in [1.29, 1.82) is 0 Å². The van der Waals surface area contributed by atoms with Crippen LogP contribution in [0.1, 0.15) is 24.1 Å². The summed E-state index contributed by atoms with van der Waals surface area (Å²) >= 11 is 0. The quantitative estimate of drug-likeness (QED) is 0.712. The van der Waals surface area contributed by atoms with Crippen LogP contribution in [0.4, 0.5) is 22.0 Å². The summed E-state index contributed by atoms with van der Waals surface area (Å²) in [5, 5.41) is -0.864. The van der Waals surface area contributed by atoms with Gasteiger partial charge in [-0.3, -0.25) is 4.99 Å². The first-order valence-electron chi connectivity index (χ1n) is 8.03. The van der Waals surface area contributed by atoms with E-state index in [1.807, 2.05) is 0 Å². The van der Waals surface area contributed by atoms with Gasteiger partial charge in [-0.25, -0.2) is 17.2 Å². The Morgan fingerprint density at radius 3 is 2.14 bits per heavy atom. The van der Waals surface area contributed by atoms with E-state index in [9.17, 15) is 30.4 Å². The summed E-state index contributed by atoms with van der Waals surface area (Å²) in [5.74, 6) is -1.91. The van der Waals surface area contributed by atoms with E-state index in [0.717, 1.165) is 18.2 Å². The molecule has 0 fully saturated rings. The first-order chi connectivity index (χ1) is 12.9. The summed E-state index contributed by atoms with van der Waals surface area (Å²) < 4.78 is 85.3. The number of sulfone groups is 1. The zero-order chi connectivity index (χ0) is 21.1. The van der Waals surface area contributed by atoms with Crippen LogP contribution in [0.3, 0.4) is 0 Å². The number of aliphatic imine (C=N–C) groups is 1. The number of amidine groups is 1. The molecule has 0 aliphatic carbocycles. The summed E-state index contributed by atoms with van der Waals surface area (Å²) in [6.45, 7) is 1.44. The van der Waals surface area contributed by atoms with Crippen molar-refractivity contribution in [2.75, 3.05) is 5.75 Å². The standard InChI is InChI=1S/C11H12F2N2O2S.C7H5F3/c1-6-11(14)15-10(5-18(6,16)17)8-3-2-7(12)4-9(8)13;8-7(9,10)6-4-2-1-3-5-6/h2-4,6,10H,5H2,1H3,(H2,14,15);1-5H. The third kappa shape index (κ3) is 5.28. The molecule has 2 aromatic rings. The molecule has 0 amide bonds. The second kappa shape index (κ2) is 8.26. The van der Waals surface area contributed by atoms with Crippen molar-refractivity contribution in [3.05, 3.63) is 71.3 Å². The zero-order valence-corrected chi connectivity index (χ0v) is 15.4. The van der Waals surface area contributed by atoms with Crippen LogP contribution in [0.5, 0.6) is 0 Å². The van der Waals surface area contributed by atoms with Gasteiger partial charge in [-0.2, -0.15) is 13.2 Å². The summed E-state index contributed by atoms with van der Waals surface area (Å²) in [5.41, 5.74) is 4.97. The highest BCUT2D eigenvalue weighted by Crippen LogP contribution is 2.29. The number of benzene rings is 2. The minimum absolute atomic E-state index is 0.0369. The van der Waals surface area contributed by atoms with Crippen LogP contribution >= 0.6 is 0 Å². The number of hydrogen-bond acceptors (Lipinski definition) is 4. The van der Waals surface area contributed by atoms with E-state index >= 15 is 0 Å². The fourth-order valence-electron chi connectivity index (χ4n) is 2.43. The number of halogens is 5. The molecule has 1 heterocycles. The van der Waals surface area contributed by atoms with Gasteiger partial charge < -0.3 is 5.73 Å². The normalized spacial score (nSPS) is 21.3. The molecule has 2 aromatic carbocycles. The molecular weight excluding hydrogens is 403 g/mol. The molecule has 10 heteroatoms. The largest absolute Gasteiger partial charge is 0.416 e. The lowest BCUT2D eigenvalue weighted by Gasteiger charge is -2.24. The van der Waals surface area contributed by atoms with Gasteiger partial charge >= 0.3 is 6.18 Å². The highest BCUT2D eigenvalue weighted by Gasteiger charge is 2.34. The number of alkyl halides is 3. The lowest BCUT2D eigenvalue weighted by molar-refractivity contribution is -0.137. The van der Waals surface area contributed by atoms with Crippen molar-refractivity contribution in [3.8, 4) is 0 Å². The van der Waals surface area contributed by atoms with Gasteiger partial charge in [-0.15, -0.1) is 0 Å². The number of nitrogens with two attached hydrogens (primary N) is 1. The Kier molecular flexibility index (Phi) is 6.43. The summed E-state index contributed by atoms with van der Waals surface area (Å²) in [6, 6.07) is 8.41. The highest BCUT2D eigenvalue weighted by atomic mass is 32.2. The first kappa shape index (κ1) is 21.8. The maximum atomic E-state index is 13.6. The van der Waals surface area contributed by atoms with Gasteiger partial charge in [0.05, 0.1) is 17.4 Å². The topological polar surface area (TPSA) is 72.5 Å². The lowest BCUT2D eigenvalue weighted by Crippen LogP contribution is -2.40. The van der Waals surface area contributed by atoms with Crippen molar-refractivity contribution in [3.63, 3.8) is 0 Å². The molecule has 4 nitrogen and oxygen atoms in total. The van der Waals surface area contributed by atoms with Crippen molar-refractivity contribution in [2.45, 2.75) is 24.4 Å². The Balaban J connectivity index is 0.000000237. The Morgan fingerprint density at radius 1 is 1.07 bits per heavy atom. The smallest absolute Gasteiger partial charge is 0.386 e. The van der Waals surface area contributed by atoms with E-state index in [0.29, 0.717) is 6.07 Å². The highest BCUT2D eigenvalue weighted by molar-refractivity contribution is 7.92. The van der Waals surface area contributed by atoms with E-state index < -0.39 is 44.5 Å². The average molecular weight is 420 g/mol. The number of hydrogen-bond donors (Lipinski definition) is 1. The van der Waals surface area contributed by atoms with Gasteiger partial charge in [0.15, 0.2) is 9.84 Å². The second-order valence-corrected chi connectivity index (χ2v) is 8.44. The molecule has 2 N–H and O–H groups in total.